The number of nitrogens with zero attached hydrogens (tertiary/aromatic N) is 2. The standard InChI is InChI=1S/C29H29N2O2.ClH/c32-22-20-30-18-16-24(26-12-6-8-14-28(26)30)10-4-2-1-3-5-11-25-17-19-31(21-23-33)29-15-9-7-13-27(25)29;/h1-19,32-33H,20-23H2;1H/q+1;/p-1. The van der Waals surface area contributed by atoms with E-state index in [0.29, 0.717) is 13.1 Å². The van der Waals surface area contributed by atoms with E-state index in [9.17, 15) is 10.2 Å². The van der Waals surface area contributed by atoms with Crippen LogP contribution in [0.3, 0.4) is 0 Å². The van der Waals surface area contributed by atoms with E-state index in [-0.39, 0.29) is 25.6 Å². The predicted octanol–water partition coefficient (Wildman–Crippen LogP) is 1.66. The number of β-amino-alcohol motifs (C(OH)–C–C–N with tert-alkyl or cyclic N) is 1. The second-order valence-electron chi connectivity index (χ2n) is 7.71. The smallest absolute Gasteiger partial charge is 0.213 e. The van der Waals surface area contributed by atoms with Crippen LogP contribution in [0.25, 0.3) is 22.6 Å². The fourth-order valence-electron chi connectivity index (χ4n) is 4.02. The lowest BCUT2D eigenvalue weighted by Gasteiger charge is -2.26. The molecule has 2 aromatic carbocycles. The number of aliphatic hydroxyl groups excluding tert-OH is 2. The number of pyridine rings is 1. The molecule has 174 valence electrons. The van der Waals surface area contributed by atoms with Crippen molar-refractivity contribution < 1.29 is 27.2 Å². The first-order chi connectivity index (χ1) is 16.3. The van der Waals surface area contributed by atoms with Crippen molar-refractivity contribution in [2.24, 2.45) is 0 Å². The molecule has 5 heteroatoms. The van der Waals surface area contributed by atoms with Crippen LogP contribution in [0.5, 0.6) is 0 Å². The van der Waals surface area contributed by atoms with E-state index in [1.54, 1.807) is 0 Å². The summed E-state index contributed by atoms with van der Waals surface area (Å²) in [6.45, 7) is 1.42. The van der Waals surface area contributed by atoms with Gasteiger partial charge in [0.2, 0.25) is 5.52 Å². The Morgan fingerprint density at radius 3 is 2.44 bits per heavy atom. The van der Waals surface area contributed by atoms with Crippen molar-refractivity contribution in [1.29, 1.82) is 0 Å². The highest BCUT2D eigenvalue weighted by Gasteiger charge is 2.14. The van der Waals surface area contributed by atoms with E-state index in [4.69, 9.17) is 0 Å². The fraction of sp³-hybridized carbons (Fsp3) is 0.138. The van der Waals surface area contributed by atoms with E-state index < -0.39 is 0 Å². The van der Waals surface area contributed by atoms with Gasteiger partial charge in [0.05, 0.1) is 12.0 Å². The van der Waals surface area contributed by atoms with E-state index in [1.807, 2.05) is 67.0 Å². The lowest BCUT2D eigenvalue weighted by Crippen LogP contribution is -3.00. The van der Waals surface area contributed by atoms with Crippen molar-refractivity contribution in [3.63, 3.8) is 0 Å². The van der Waals surface area contributed by atoms with E-state index in [1.165, 1.54) is 0 Å². The van der Waals surface area contributed by atoms with Crippen molar-refractivity contribution in [2.45, 2.75) is 6.54 Å². The molecule has 0 amide bonds. The molecule has 0 bridgehead atoms. The molecule has 0 aliphatic carbocycles. The number of allylic oxidation sites excluding steroid dienone is 8. The van der Waals surface area contributed by atoms with Gasteiger partial charge in [-0.15, -0.1) is 0 Å². The van der Waals surface area contributed by atoms with Crippen LogP contribution in [0, 0.1) is 0 Å². The zero-order valence-electron chi connectivity index (χ0n) is 19.0. The molecule has 2 N–H and O–H groups in total. The van der Waals surface area contributed by atoms with Gasteiger partial charge in [0, 0.05) is 36.1 Å². The molecule has 0 fully saturated rings. The minimum Gasteiger partial charge on any atom is -1.00 e. The van der Waals surface area contributed by atoms with Gasteiger partial charge in [-0.05, 0) is 29.3 Å². The number of aromatic nitrogens is 1. The van der Waals surface area contributed by atoms with Crippen LogP contribution in [0.15, 0.2) is 110 Å². The first-order valence-corrected chi connectivity index (χ1v) is 11.2. The molecule has 0 unspecified atom stereocenters. The largest absolute Gasteiger partial charge is 1.00 e. The van der Waals surface area contributed by atoms with Crippen LogP contribution in [-0.2, 0) is 6.54 Å². The quantitative estimate of drug-likeness (QED) is 0.387. The van der Waals surface area contributed by atoms with Gasteiger partial charge >= 0.3 is 0 Å². The third-order valence-electron chi connectivity index (χ3n) is 5.59. The molecule has 4 nitrogen and oxygen atoms in total. The van der Waals surface area contributed by atoms with Crippen molar-refractivity contribution in [1.82, 2.24) is 0 Å². The summed E-state index contributed by atoms with van der Waals surface area (Å²) >= 11 is 0. The summed E-state index contributed by atoms with van der Waals surface area (Å²) in [7, 11) is 0. The van der Waals surface area contributed by atoms with Crippen molar-refractivity contribution in [3.05, 3.63) is 121 Å². The van der Waals surface area contributed by atoms with Crippen LogP contribution in [-0.4, -0.2) is 30.0 Å². The highest BCUT2D eigenvalue weighted by Crippen LogP contribution is 2.32. The van der Waals surface area contributed by atoms with E-state index >= 15 is 0 Å². The number of hydrogen-bond donors (Lipinski definition) is 2. The number of benzene rings is 2. The molecule has 2 heterocycles. The Balaban J connectivity index is 0.00000324. The van der Waals surface area contributed by atoms with Gasteiger partial charge in [0.1, 0.15) is 6.61 Å². The molecule has 0 saturated carbocycles. The number of halogens is 1. The highest BCUT2D eigenvalue weighted by molar-refractivity contribution is 5.87. The second-order valence-corrected chi connectivity index (χ2v) is 7.71. The Morgan fingerprint density at radius 1 is 0.824 bits per heavy atom. The van der Waals surface area contributed by atoms with Gasteiger partial charge in [-0.2, -0.15) is 4.57 Å². The third-order valence-corrected chi connectivity index (χ3v) is 5.59. The lowest BCUT2D eigenvalue weighted by molar-refractivity contribution is -0.672. The molecule has 0 spiro atoms. The summed E-state index contributed by atoms with van der Waals surface area (Å²) in [5.41, 5.74) is 5.68. The minimum atomic E-state index is 0. The normalized spacial score (nSPS) is 14.5. The lowest BCUT2D eigenvalue weighted by atomic mass is 9.99. The van der Waals surface area contributed by atoms with Gasteiger partial charge in [0.25, 0.3) is 0 Å². The maximum absolute atomic E-state index is 9.29. The monoisotopic (exact) mass is 472 g/mol. The van der Waals surface area contributed by atoms with E-state index in [0.717, 1.165) is 33.3 Å². The van der Waals surface area contributed by atoms with Gasteiger partial charge in [-0.1, -0.05) is 72.9 Å². The number of fused-ring (bicyclic) bond motifs is 2. The molecule has 1 aromatic heterocycles. The second kappa shape index (κ2) is 12.7. The number of anilines is 1. The fourth-order valence-corrected chi connectivity index (χ4v) is 4.02. The Bertz CT molecular complexity index is 1260. The van der Waals surface area contributed by atoms with E-state index in [2.05, 4.69) is 58.0 Å². The van der Waals surface area contributed by atoms with Gasteiger partial charge in [-0.25, -0.2) is 0 Å². The summed E-state index contributed by atoms with van der Waals surface area (Å²) in [5, 5.41) is 19.7. The van der Waals surface area contributed by atoms with Crippen LogP contribution in [0.1, 0.15) is 11.1 Å². The first-order valence-electron chi connectivity index (χ1n) is 11.2. The maximum Gasteiger partial charge on any atom is 0.213 e. The number of hydrogen-bond acceptors (Lipinski definition) is 3. The Hall–Kier alpha value is -3.44. The van der Waals surface area contributed by atoms with Gasteiger partial charge in [-0.3, -0.25) is 0 Å². The third kappa shape index (κ3) is 5.91. The molecule has 4 rings (SSSR count). The van der Waals surface area contributed by atoms with Crippen LogP contribution >= 0.6 is 0 Å². The molecule has 0 atom stereocenters. The molecule has 34 heavy (non-hydrogen) atoms. The van der Waals surface area contributed by atoms with Crippen molar-refractivity contribution in [2.75, 3.05) is 24.7 Å². The summed E-state index contributed by atoms with van der Waals surface area (Å²) in [6, 6.07) is 18.6. The average molecular weight is 473 g/mol. The summed E-state index contributed by atoms with van der Waals surface area (Å²) in [4.78, 5) is 2.07. The molecular weight excluding hydrogens is 444 g/mol. The number of rotatable bonds is 8. The molecule has 1 aliphatic heterocycles. The molecule has 1 aliphatic rings. The SMILES string of the molecule is OCCN1C=C/C(=C/C=C/C=C/C=C/c2cc[n+](CCO)c3ccccc23)c2ccccc21.[Cl-]. The first kappa shape index (κ1) is 25.2. The summed E-state index contributed by atoms with van der Waals surface area (Å²) in [6.07, 6.45) is 20.5. The van der Waals surface area contributed by atoms with Gasteiger partial charge in [0.15, 0.2) is 12.7 Å². The molecule has 0 saturated heterocycles. The van der Waals surface area contributed by atoms with Crippen LogP contribution < -0.4 is 21.9 Å². The predicted molar refractivity (Wildman–Crippen MR) is 137 cm³/mol. The zero-order chi connectivity index (χ0) is 22.9. The van der Waals surface area contributed by atoms with Crippen LogP contribution in [0.4, 0.5) is 5.69 Å². The van der Waals surface area contributed by atoms with Crippen molar-refractivity contribution >= 4 is 28.2 Å². The zero-order valence-corrected chi connectivity index (χ0v) is 19.7. The Labute approximate surface area is 207 Å². The number of para-hydroxylation sites is 2. The summed E-state index contributed by atoms with van der Waals surface area (Å²) < 4.78 is 2.07. The average Bonchev–Trinajstić information content (AvgIpc) is 2.86. The topological polar surface area (TPSA) is 47.6 Å². The van der Waals surface area contributed by atoms with Crippen molar-refractivity contribution in [3.8, 4) is 0 Å². The van der Waals surface area contributed by atoms with Gasteiger partial charge < -0.3 is 27.5 Å². The highest BCUT2D eigenvalue weighted by atomic mass is 35.5. The molecule has 3 aromatic rings. The number of aliphatic hydroxyl groups is 2. The Kier molecular flexibility index (Phi) is 9.41. The van der Waals surface area contributed by atoms with Crippen LogP contribution in [0.2, 0.25) is 0 Å². The molecular formula is C29H29ClN2O2. The maximum atomic E-state index is 9.29. The summed E-state index contributed by atoms with van der Waals surface area (Å²) in [5.74, 6) is 0. The molecule has 0 radical (unpaired) electrons. The minimum absolute atomic E-state index is 0. The Morgan fingerprint density at radius 2 is 1.59 bits per heavy atom.